The van der Waals surface area contributed by atoms with Gasteiger partial charge in [0.15, 0.2) is 5.76 Å². The Morgan fingerprint density at radius 2 is 2.24 bits per heavy atom. The fraction of sp³-hybridized carbons (Fsp3) is 0.714. The molecule has 1 aromatic rings. The molecule has 0 aromatic carbocycles. The van der Waals surface area contributed by atoms with E-state index in [1.165, 1.54) is 4.90 Å². The van der Waals surface area contributed by atoms with Gasteiger partial charge >= 0.3 is 0 Å². The van der Waals surface area contributed by atoms with Crippen LogP contribution in [-0.2, 0) is 11.4 Å². The topological polar surface area (TPSA) is 66.6 Å². The number of halogens is 2. The van der Waals surface area contributed by atoms with Gasteiger partial charge in [0.05, 0.1) is 5.69 Å². The lowest BCUT2D eigenvalue weighted by Gasteiger charge is -2.42. The molecule has 21 heavy (non-hydrogen) atoms. The van der Waals surface area contributed by atoms with Gasteiger partial charge in [-0.15, -0.1) is 0 Å². The van der Waals surface area contributed by atoms with Gasteiger partial charge in [-0.2, -0.15) is 0 Å². The van der Waals surface area contributed by atoms with Crippen molar-refractivity contribution in [3.63, 3.8) is 0 Å². The zero-order chi connectivity index (χ0) is 15.0. The fourth-order valence-electron chi connectivity index (χ4n) is 3.06. The van der Waals surface area contributed by atoms with Crippen LogP contribution < -0.4 is 0 Å². The molecule has 2 aliphatic rings. The van der Waals surface area contributed by atoms with Crippen LogP contribution in [0.4, 0.5) is 8.78 Å². The third kappa shape index (κ3) is 2.66. The highest BCUT2D eigenvalue weighted by molar-refractivity contribution is 5.81. The summed E-state index contributed by atoms with van der Waals surface area (Å²) in [6, 6.07) is 1.64. The fourth-order valence-corrected chi connectivity index (χ4v) is 3.06. The van der Waals surface area contributed by atoms with Crippen LogP contribution in [0.25, 0.3) is 0 Å². The molecule has 0 bridgehead atoms. The number of hydrogen-bond donors (Lipinski definition) is 1. The Morgan fingerprint density at radius 3 is 2.86 bits per heavy atom. The van der Waals surface area contributed by atoms with E-state index in [0.717, 1.165) is 0 Å². The molecule has 1 aromatic heterocycles. The van der Waals surface area contributed by atoms with Crippen LogP contribution in [-0.4, -0.2) is 40.1 Å². The van der Waals surface area contributed by atoms with Crippen LogP contribution in [0.2, 0.25) is 0 Å². The highest BCUT2D eigenvalue weighted by atomic mass is 19.3. The summed E-state index contributed by atoms with van der Waals surface area (Å²) in [5.74, 6) is -4.11. The number of carbonyl (C=O) groups excluding carboxylic acids is 1. The lowest BCUT2D eigenvalue weighted by Crippen LogP contribution is -2.54. The third-order valence-electron chi connectivity index (χ3n) is 4.41. The number of rotatable bonds is 3. The third-order valence-corrected chi connectivity index (χ3v) is 4.41. The molecule has 0 spiro atoms. The van der Waals surface area contributed by atoms with E-state index in [1.807, 2.05) is 0 Å². The molecule has 1 N–H and O–H groups in total. The normalized spacial score (nSPS) is 25.7. The van der Waals surface area contributed by atoms with Gasteiger partial charge in [-0.3, -0.25) is 4.79 Å². The SMILES string of the molecule is O=C(C1CCCCC1(F)F)N1CC(c2cc(CO)on2)C1. The smallest absolute Gasteiger partial charge is 0.259 e. The molecule has 0 radical (unpaired) electrons. The van der Waals surface area contributed by atoms with Crippen molar-refractivity contribution in [1.29, 1.82) is 0 Å². The summed E-state index contributed by atoms with van der Waals surface area (Å²) >= 11 is 0. The van der Waals surface area contributed by atoms with E-state index >= 15 is 0 Å². The van der Waals surface area contributed by atoms with Gasteiger partial charge in [0, 0.05) is 31.5 Å². The molecule has 1 amide bonds. The van der Waals surface area contributed by atoms with Gasteiger partial charge in [0.1, 0.15) is 12.5 Å². The van der Waals surface area contributed by atoms with Crippen molar-refractivity contribution in [3.8, 4) is 0 Å². The number of hydrogen-bond acceptors (Lipinski definition) is 4. The Morgan fingerprint density at radius 1 is 1.48 bits per heavy atom. The first-order chi connectivity index (χ1) is 10.0. The lowest BCUT2D eigenvalue weighted by atomic mass is 9.83. The first kappa shape index (κ1) is 14.4. The molecule has 7 heteroatoms. The maximum Gasteiger partial charge on any atom is 0.259 e. The summed E-state index contributed by atoms with van der Waals surface area (Å²) in [4.78, 5) is 13.7. The van der Waals surface area contributed by atoms with Crippen molar-refractivity contribution in [1.82, 2.24) is 10.1 Å². The monoisotopic (exact) mass is 300 g/mol. The molecule has 1 saturated heterocycles. The van der Waals surface area contributed by atoms with Crippen molar-refractivity contribution >= 4 is 5.91 Å². The maximum absolute atomic E-state index is 13.8. The minimum atomic E-state index is -2.88. The number of likely N-dealkylation sites (tertiary alicyclic amines) is 1. The predicted molar refractivity (Wildman–Crippen MR) is 68.7 cm³/mol. The number of carbonyl (C=O) groups is 1. The summed E-state index contributed by atoms with van der Waals surface area (Å²) < 4.78 is 32.5. The van der Waals surface area contributed by atoms with Crippen LogP contribution in [0.3, 0.4) is 0 Å². The number of aromatic nitrogens is 1. The zero-order valence-electron chi connectivity index (χ0n) is 11.6. The average Bonchev–Trinajstić information content (AvgIpc) is 2.85. The molecular formula is C14H18F2N2O3. The van der Waals surface area contributed by atoms with Crippen molar-refractivity contribution in [3.05, 3.63) is 17.5 Å². The zero-order valence-corrected chi connectivity index (χ0v) is 11.6. The Bertz CT molecular complexity index is 526. The first-order valence-electron chi connectivity index (χ1n) is 7.24. The molecule has 1 aliphatic carbocycles. The number of aliphatic hydroxyl groups is 1. The van der Waals surface area contributed by atoms with Crippen LogP contribution >= 0.6 is 0 Å². The van der Waals surface area contributed by atoms with Crippen LogP contribution in [0.5, 0.6) is 0 Å². The second-order valence-corrected chi connectivity index (χ2v) is 5.88. The average molecular weight is 300 g/mol. The minimum Gasteiger partial charge on any atom is -0.388 e. The van der Waals surface area contributed by atoms with Gasteiger partial charge in [-0.1, -0.05) is 11.6 Å². The Hall–Kier alpha value is -1.50. The first-order valence-corrected chi connectivity index (χ1v) is 7.24. The molecule has 2 heterocycles. The highest BCUT2D eigenvalue weighted by Crippen LogP contribution is 2.41. The quantitative estimate of drug-likeness (QED) is 0.926. The van der Waals surface area contributed by atoms with Gasteiger partial charge in [0.25, 0.3) is 5.92 Å². The largest absolute Gasteiger partial charge is 0.388 e. The minimum absolute atomic E-state index is 0.00946. The van der Waals surface area contributed by atoms with Gasteiger partial charge in [-0.25, -0.2) is 8.78 Å². The Labute approximate surface area is 120 Å². The molecule has 3 rings (SSSR count). The van der Waals surface area contributed by atoms with Crippen molar-refractivity contribution in [2.75, 3.05) is 13.1 Å². The van der Waals surface area contributed by atoms with Crippen LogP contribution in [0, 0.1) is 5.92 Å². The van der Waals surface area contributed by atoms with Crippen molar-refractivity contribution in [2.45, 2.75) is 44.1 Å². The van der Waals surface area contributed by atoms with E-state index in [-0.39, 0.29) is 25.4 Å². The molecule has 1 unspecified atom stereocenters. The summed E-state index contributed by atoms with van der Waals surface area (Å²) in [6.07, 6.45) is 1.25. The standard InChI is InChI=1S/C14H18F2N2O3/c15-14(16)4-2-1-3-11(14)13(20)18-6-9(7-18)12-5-10(8-19)21-17-12/h5,9,11,19H,1-4,6-8H2. The van der Waals surface area contributed by atoms with Crippen molar-refractivity contribution < 1.29 is 23.2 Å². The maximum atomic E-state index is 13.8. The molecule has 5 nitrogen and oxygen atoms in total. The summed E-state index contributed by atoms with van der Waals surface area (Å²) in [5.41, 5.74) is 0.665. The van der Waals surface area contributed by atoms with Crippen LogP contribution in [0.15, 0.2) is 10.6 Å². The van der Waals surface area contributed by atoms with Gasteiger partial charge in [0.2, 0.25) is 5.91 Å². The molecule has 1 atom stereocenters. The second-order valence-electron chi connectivity index (χ2n) is 5.88. The summed E-state index contributed by atoms with van der Waals surface area (Å²) in [5, 5.41) is 12.7. The molecule has 2 fully saturated rings. The van der Waals surface area contributed by atoms with E-state index in [2.05, 4.69) is 5.16 Å². The van der Waals surface area contributed by atoms with Gasteiger partial charge < -0.3 is 14.5 Å². The second kappa shape index (κ2) is 5.36. The molecule has 116 valence electrons. The van der Waals surface area contributed by atoms with E-state index in [9.17, 15) is 13.6 Å². The summed E-state index contributed by atoms with van der Waals surface area (Å²) in [6.45, 7) is 0.558. The van der Waals surface area contributed by atoms with Crippen LogP contribution in [0.1, 0.15) is 43.1 Å². The molecular weight excluding hydrogens is 282 g/mol. The molecule has 1 aliphatic heterocycles. The number of nitrogens with zero attached hydrogens (tertiary/aromatic N) is 2. The predicted octanol–water partition coefficient (Wildman–Crippen LogP) is 1.92. The van der Waals surface area contributed by atoms with E-state index in [0.29, 0.717) is 37.4 Å². The number of aliphatic hydroxyl groups excluding tert-OH is 1. The van der Waals surface area contributed by atoms with E-state index in [4.69, 9.17) is 9.63 Å². The molecule has 1 saturated carbocycles. The highest BCUT2D eigenvalue weighted by Gasteiger charge is 2.49. The van der Waals surface area contributed by atoms with E-state index < -0.39 is 17.7 Å². The number of alkyl halides is 2. The number of amides is 1. The Balaban J connectivity index is 1.59. The van der Waals surface area contributed by atoms with Crippen molar-refractivity contribution in [2.24, 2.45) is 5.92 Å². The van der Waals surface area contributed by atoms with Gasteiger partial charge in [-0.05, 0) is 12.8 Å². The lowest BCUT2D eigenvalue weighted by molar-refractivity contribution is -0.160. The van der Waals surface area contributed by atoms with E-state index in [1.54, 1.807) is 6.07 Å². The Kier molecular flexibility index (Phi) is 3.69. The summed E-state index contributed by atoms with van der Waals surface area (Å²) in [7, 11) is 0.